The summed E-state index contributed by atoms with van der Waals surface area (Å²) in [5, 5.41) is 0. The van der Waals surface area contributed by atoms with Crippen molar-refractivity contribution in [2.45, 2.75) is 39.2 Å². The molecule has 2 rings (SSSR count). The first-order chi connectivity index (χ1) is 8.99. The van der Waals surface area contributed by atoms with E-state index in [1.54, 1.807) is 12.1 Å². The monoisotopic (exact) mass is 262 g/mol. The number of anilines is 2. The highest BCUT2D eigenvalue weighted by Crippen LogP contribution is 2.34. The lowest BCUT2D eigenvalue weighted by molar-refractivity contribution is 0.0995. The molecule has 0 atom stereocenters. The summed E-state index contributed by atoms with van der Waals surface area (Å²) in [5.74, 6) is 0.821. The number of primary amides is 1. The summed E-state index contributed by atoms with van der Waals surface area (Å²) in [6, 6.07) is 3.80. The molecule has 1 saturated carbocycles. The van der Waals surface area contributed by atoms with Gasteiger partial charge < -0.3 is 16.4 Å². The molecule has 1 amide bonds. The molecule has 1 heterocycles. The van der Waals surface area contributed by atoms with Crippen molar-refractivity contribution in [3.8, 4) is 0 Å². The van der Waals surface area contributed by atoms with E-state index in [0.717, 1.165) is 13.0 Å². The molecular weight excluding hydrogens is 240 g/mol. The van der Waals surface area contributed by atoms with Crippen LogP contribution >= 0.6 is 0 Å². The molecule has 0 radical (unpaired) electrons. The van der Waals surface area contributed by atoms with Crippen LogP contribution in [-0.4, -0.2) is 23.5 Å². The fraction of sp³-hybridized carbons (Fsp3) is 0.571. The molecule has 1 aromatic rings. The summed E-state index contributed by atoms with van der Waals surface area (Å²) in [6.45, 7) is 5.31. The lowest BCUT2D eigenvalue weighted by atomic mass is 10.1. The molecule has 1 fully saturated rings. The first-order valence-corrected chi connectivity index (χ1v) is 6.82. The van der Waals surface area contributed by atoms with Gasteiger partial charge in [0.1, 0.15) is 5.69 Å². The van der Waals surface area contributed by atoms with E-state index in [-0.39, 0.29) is 5.69 Å². The molecule has 5 nitrogen and oxygen atoms in total. The van der Waals surface area contributed by atoms with E-state index in [9.17, 15) is 4.79 Å². The normalized spacial score (nSPS) is 14.7. The number of carbonyl (C=O) groups is 1. The van der Waals surface area contributed by atoms with Gasteiger partial charge in [0, 0.05) is 12.6 Å². The van der Waals surface area contributed by atoms with E-state index in [1.807, 2.05) is 0 Å². The average Bonchev–Trinajstić information content (AvgIpc) is 3.15. The van der Waals surface area contributed by atoms with Crippen molar-refractivity contribution in [3.05, 3.63) is 17.8 Å². The molecule has 5 heteroatoms. The molecule has 19 heavy (non-hydrogen) atoms. The van der Waals surface area contributed by atoms with E-state index < -0.39 is 5.91 Å². The maximum Gasteiger partial charge on any atom is 0.267 e. The van der Waals surface area contributed by atoms with E-state index in [4.69, 9.17) is 11.5 Å². The van der Waals surface area contributed by atoms with Gasteiger partial charge in [-0.3, -0.25) is 4.79 Å². The Bertz CT molecular complexity index is 469. The Kier molecular flexibility index (Phi) is 3.93. The van der Waals surface area contributed by atoms with Crippen LogP contribution in [0.15, 0.2) is 12.1 Å². The minimum absolute atomic E-state index is 0.277. The Labute approximate surface area is 114 Å². The summed E-state index contributed by atoms with van der Waals surface area (Å²) in [7, 11) is 0. The number of pyridine rings is 1. The van der Waals surface area contributed by atoms with Crippen LogP contribution in [0.1, 0.15) is 43.6 Å². The zero-order chi connectivity index (χ0) is 14.0. The maximum absolute atomic E-state index is 11.2. The Morgan fingerprint density at radius 2 is 2.16 bits per heavy atom. The molecule has 0 aliphatic heterocycles. The van der Waals surface area contributed by atoms with Crippen molar-refractivity contribution in [2.75, 3.05) is 17.2 Å². The van der Waals surface area contributed by atoms with Crippen LogP contribution in [0.4, 0.5) is 11.5 Å². The van der Waals surface area contributed by atoms with Gasteiger partial charge in [0.25, 0.3) is 5.91 Å². The molecule has 0 saturated heterocycles. The number of nitrogen functional groups attached to an aromatic ring is 1. The number of amides is 1. The minimum Gasteiger partial charge on any atom is -0.396 e. The third-order valence-corrected chi connectivity index (χ3v) is 3.36. The van der Waals surface area contributed by atoms with E-state index in [2.05, 4.69) is 23.7 Å². The highest BCUT2D eigenvalue weighted by atomic mass is 16.1. The molecule has 1 aliphatic rings. The molecule has 0 bridgehead atoms. The van der Waals surface area contributed by atoms with Gasteiger partial charge in [-0.1, -0.05) is 13.8 Å². The number of nitrogens with zero attached hydrogens (tertiary/aromatic N) is 2. The van der Waals surface area contributed by atoms with Gasteiger partial charge in [-0.25, -0.2) is 4.98 Å². The van der Waals surface area contributed by atoms with E-state index in [0.29, 0.717) is 23.5 Å². The predicted molar refractivity (Wildman–Crippen MR) is 77.0 cm³/mol. The number of hydrogen-bond acceptors (Lipinski definition) is 4. The number of nitrogens with two attached hydrogens (primary N) is 2. The summed E-state index contributed by atoms with van der Waals surface area (Å²) >= 11 is 0. The number of hydrogen-bond donors (Lipinski definition) is 2. The van der Waals surface area contributed by atoms with Crippen LogP contribution in [0.2, 0.25) is 0 Å². The third-order valence-electron chi connectivity index (χ3n) is 3.36. The zero-order valence-corrected chi connectivity index (χ0v) is 11.6. The first-order valence-electron chi connectivity index (χ1n) is 6.82. The molecule has 1 aromatic heterocycles. The fourth-order valence-electron chi connectivity index (χ4n) is 2.07. The summed E-state index contributed by atoms with van der Waals surface area (Å²) in [5.41, 5.74) is 12.2. The Hall–Kier alpha value is -1.78. The lowest BCUT2D eigenvalue weighted by Gasteiger charge is -2.26. The highest BCUT2D eigenvalue weighted by Gasteiger charge is 2.31. The number of carbonyl (C=O) groups excluding carboxylic acids is 1. The molecular formula is C14H22N4O. The number of aromatic nitrogens is 1. The molecule has 1 aliphatic carbocycles. The van der Waals surface area contributed by atoms with Gasteiger partial charge in [-0.2, -0.15) is 0 Å². The van der Waals surface area contributed by atoms with Crippen molar-refractivity contribution in [1.82, 2.24) is 4.98 Å². The summed E-state index contributed by atoms with van der Waals surface area (Å²) < 4.78 is 0. The molecule has 0 spiro atoms. The topological polar surface area (TPSA) is 85.2 Å². The van der Waals surface area contributed by atoms with Crippen LogP contribution in [0, 0.1) is 5.92 Å². The van der Waals surface area contributed by atoms with Crippen molar-refractivity contribution < 1.29 is 4.79 Å². The fourth-order valence-corrected chi connectivity index (χ4v) is 2.07. The van der Waals surface area contributed by atoms with Crippen LogP contribution in [0.3, 0.4) is 0 Å². The highest BCUT2D eigenvalue weighted by molar-refractivity contribution is 5.92. The van der Waals surface area contributed by atoms with Gasteiger partial charge >= 0.3 is 0 Å². The van der Waals surface area contributed by atoms with Crippen molar-refractivity contribution in [3.63, 3.8) is 0 Å². The van der Waals surface area contributed by atoms with Crippen LogP contribution in [0.5, 0.6) is 0 Å². The van der Waals surface area contributed by atoms with Crippen LogP contribution in [-0.2, 0) is 0 Å². The van der Waals surface area contributed by atoms with Gasteiger partial charge in [-0.15, -0.1) is 0 Å². The smallest absolute Gasteiger partial charge is 0.267 e. The number of rotatable bonds is 6. The average molecular weight is 262 g/mol. The molecule has 0 unspecified atom stereocenters. The Balaban J connectivity index is 2.24. The second-order valence-electron chi connectivity index (χ2n) is 5.58. The second-order valence-corrected chi connectivity index (χ2v) is 5.58. The Morgan fingerprint density at radius 1 is 1.47 bits per heavy atom. The van der Waals surface area contributed by atoms with Crippen LogP contribution in [0.25, 0.3) is 0 Å². The van der Waals surface area contributed by atoms with Gasteiger partial charge in [0.15, 0.2) is 5.82 Å². The second kappa shape index (κ2) is 5.47. The summed E-state index contributed by atoms with van der Waals surface area (Å²) in [4.78, 5) is 17.8. The van der Waals surface area contributed by atoms with Gasteiger partial charge in [-0.05, 0) is 37.3 Å². The van der Waals surface area contributed by atoms with Gasteiger partial charge in [0.05, 0.1) is 5.69 Å². The minimum atomic E-state index is -0.513. The molecule has 0 aromatic carbocycles. The maximum atomic E-state index is 11.2. The largest absolute Gasteiger partial charge is 0.396 e. The van der Waals surface area contributed by atoms with Crippen LogP contribution < -0.4 is 16.4 Å². The van der Waals surface area contributed by atoms with Crippen molar-refractivity contribution >= 4 is 17.4 Å². The predicted octanol–water partition coefficient (Wildman–Crippen LogP) is 1.78. The summed E-state index contributed by atoms with van der Waals surface area (Å²) in [6.07, 6.45) is 3.42. The van der Waals surface area contributed by atoms with Crippen molar-refractivity contribution in [2.24, 2.45) is 11.7 Å². The quantitative estimate of drug-likeness (QED) is 0.818. The zero-order valence-electron chi connectivity index (χ0n) is 11.6. The molecule has 4 N–H and O–H groups in total. The Morgan fingerprint density at radius 3 is 2.68 bits per heavy atom. The molecule has 104 valence electrons. The SMILES string of the molecule is CC(C)CCN(c1nc(C(N)=O)ccc1N)C1CC1. The first kappa shape index (κ1) is 13.6. The third kappa shape index (κ3) is 3.36. The lowest BCUT2D eigenvalue weighted by Crippen LogP contribution is -2.30. The van der Waals surface area contributed by atoms with Gasteiger partial charge in [0.2, 0.25) is 0 Å². The van der Waals surface area contributed by atoms with E-state index in [1.165, 1.54) is 12.8 Å². The standard InChI is InChI=1S/C14H22N4O/c1-9(2)7-8-18(10-3-4-10)14-11(15)5-6-12(17-14)13(16)19/h5-6,9-10H,3-4,7-8,15H2,1-2H3,(H2,16,19). The van der Waals surface area contributed by atoms with E-state index >= 15 is 0 Å². The van der Waals surface area contributed by atoms with Crippen molar-refractivity contribution in [1.29, 1.82) is 0 Å².